The number of aliphatic hydroxyl groups excluding tert-OH is 1. The summed E-state index contributed by atoms with van der Waals surface area (Å²) >= 11 is 1.60. The van der Waals surface area contributed by atoms with Crippen LogP contribution in [-0.4, -0.2) is 28.5 Å². The number of ketones is 1. The fourth-order valence-corrected chi connectivity index (χ4v) is 1.32. The Morgan fingerprint density at radius 3 is 2.70 bits per heavy atom. The van der Waals surface area contributed by atoms with Crippen molar-refractivity contribution in [1.82, 2.24) is 0 Å². The first-order valence-corrected chi connectivity index (χ1v) is 4.43. The fourth-order valence-electron chi connectivity index (χ4n) is 0.525. The molecule has 1 atom stereocenters. The molecular formula is C7H14O2S. The molecule has 3 heteroatoms. The summed E-state index contributed by atoms with van der Waals surface area (Å²) in [5.74, 6) is 0.774. The van der Waals surface area contributed by atoms with E-state index in [4.69, 9.17) is 5.11 Å². The van der Waals surface area contributed by atoms with Crippen LogP contribution in [0.4, 0.5) is 0 Å². The Morgan fingerprint density at radius 1 is 1.70 bits per heavy atom. The molecule has 0 aliphatic carbocycles. The molecule has 0 aromatic rings. The summed E-state index contributed by atoms with van der Waals surface area (Å²) in [6.45, 7) is 3.81. The molecule has 0 aromatic heterocycles. The highest BCUT2D eigenvalue weighted by Crippen LogP contribution is 2.12. The minimum Gasteiger partial charge on any atom is -0.396 e. The molecule has 0 aliphatic heterocycles. The van der Waals surface area contributed by atoms with Crippen molar-refractivity contribution in [1.29, 1.82) is 0 Å². The highest BCUT2D eigenvalue weighted by molar-refractivity contribution is 8.00. The van der Waals surface area contributed by atoms with Gasteiger partial charge in [-0.1, -0.05) is 6.92 Å². The lowest BCUT2D eigenvalue weighted by Crippen LogP contribution is -2.04. The number of Topliss-reactive ketones (excluding diaryl/α,β-unsaturated/α-hetero) is 1. The zero-order valence-electron chi connectivity index (χ0n) is 6.46. The van der Waals surface area contributed by atoms with E-state index < -0.39 is 0 Å². The van der Waals surface area contributed by atoms with Crippen molar-refractivity contribution in [2.24, 2.45) is 0 Å². The Bertz CT molecular complexity index is 104. The molecule has 0 bridgehead atoms. The van der Waals surface area contributed by atoms with Crippen LogP contribution in [0.25, 0.3) is 0 Å². The molecule has 0 saturated carbocycles. The maximum absolute atomic E-state index is 10.5. The first-order valence-electron chi connectivity index (χ1n) is 3.38. The van der Waals surface area contributed by atoms with Crippen molar-refractivity contribution in [3.63, 3.8) is 0 Å². The van der Waals surface area contributed by atoms with Crippen LogP contribution in [0, 0.1) is 0 Å². The van der Waals surface area contributed by atoms with Gasteiger partial charge in [0.05, 0.1) is 5.75 Å². The largest absolute Gasteiger partial charge is 0.396 e. The van der Waals surface area contributed by atoms with E-state index in [1.807, 2.05) is 6.92 Å². The first-order chi connectivity index (χ1) is 4.66. The number of hydrogen-bond donors (Lipinski definition) is 1. The molecule has 0 radical (unpaired) electrons. The fraction of sp³-hybridized carbons (Fsp3) is 0.857. The van der Waals surface area contributed by atoms with Gasteiger partial charge in [0.1, 0.15) is 5.78 Å². The van der Waals surface area contributed by atoms with Crippen molar-refractivity contribution in [3.05, 3.63) is 0 Å². The van der Waals surface area contributed by atoms with E-state index in [1.165, 1.54) is 0 Å². The molecule has 1 unspecified atom stereocenters. The van der Waals surface area contributed by atoms with Gasteiger partial charge in [-0.3, -0.25) is 4.79 Å². The molecule has 0 spiro atoms. The standard InChI is InChI=1S/C7H14O2S/c1-6(9)5-10-7(2)3-4-8/h7-8H,3-5H2,1-2H3. The quantitative estimate of drug-likeness (QED) is 0.657. The average molecular weight is 162 g/mol. The molecule has 10 heavy (non-hydrogen) atoms. The van der Waals surface area contributed by atoms with E-state index in [2.05, 4.69) is 0 Å². The van der Waals surface area contributed by atoms with E-state index in [0.717, 1.165) is 6.42 Å². The summed E-state index contributed by atoms with van der Waals surface area (Å²) in [6, 6.07) is 0. The SMILES string of the molecule is CC(=O)CSC(C)CCO. The van der Waals surface area contributed by atoms with E-state index in [0.29, 0.717) is 11.0 Å². The Balaban J connectivity index is 3.21. The smallest absolute Gasteiger partial charge is 0.139 e. The second kappa shape index (κ2) is 5.74. The molecule has 2 nitrogen and oxygen atoms in total. The lowest BCUT2D eigenvalue weighted by atomic mass is 10.3. The van der Waals surface area contributed by atoms with Gasteiger partial charge >= 0.3 is 0 Å². The summed E-state index contributed by atoms with van der Waals surface area (Å²) in [6.07, 6.45) is 0.776. The monoisotopic (exact) mass is 162 g/mol. The zero-order chi connectivity index (χ0) is 7.98. The molecule has 0 saturated heterocycles. The maximum atomic E-state index is 10.5. The molecule has 60 valence electrons. The van der Waals surface area contributed by atoms with Gasteiger partial charge in [-0.2, -0.15) is 11.8 Å². The van der Waals surface area contributed by atoms with Crippen molar-refractivity contribution in [2.75, 3.05) is 12.4 Å². The van der Waals surface area contributed by atoms with Crippen molar-refractivity contribution < 1.29 is 9.90 Å². The zero-order valence-corrected chi connectivity index (χ0v) is 7.28. The van der Waals surface area contributed by atoms with Crippen LogP contribution in [0.3, 0.4) is 0 Å². The third-order valence-corrected chi connectivity index (χ3v) is 2.48. The number of carbonyl (C=O) groups is 1. The van der Waals surface area contributed by atoms with Crippen molar-refractivity contribution in [2.45, 2.75) is 25.5 Å². The van der Waals surface area contributed by atoms with Gasteiger partial charge in [0, 0.05) is 11.9 Å². The maximum Gasteiger partial charge on any atom is 0.139 e. The minimum absolute atomic E-state index is 0.204. The average Bonchev–Trinajstić information content (AvgIpc) is 1.85. The predicted octanol–water partition coefficient (Wildman–Crippen LogP) is 1.08. The lowest BCUT2D eigenvalue weighted by molar-refractivity contribution is -0.114. The van der Waals surface area contributed by atoms with Gasteiger partial charge in [0.25, 0.3) is 0 Å². The highest BCUT2D eigenvalue weighted by atomic mass is 32.2. The molecule has 0 fully saturated rings. The van der Waals surface area contributed by atoms with Gasteiger partial charge < -0.3 is 5.11 Å². The number of thioether (sulfide) groups is 1. The molecule has 0 heterocycles. The highest BCUT2D eigenvalue weighted by Gasteiger charge is 2.02. The molecule has 1 N–H and O–H groups in total. The molecule has 0 amide bonds. The molecule has 0 aromatic carbocycles. The molecular weight excluding hydrogens is 148 g/mol. The number of hydrogen-bond acceptors (Lipinski definition) is 3. The second-order valence-corrected chi connectivity index (χ2v) is 3.76. The Labute approximate surface area is 66.0 Å². The van der Waals surface area contributed by atoms with Crippen LogP contribution < -0.4 is 0 Å². The van der Waals surface area contributed by atoms with E-state index >= 15 is 0 Å². The third kappa shape index (κ3) is 6.11. The lowest BCUT2D eigenvalue weighted by Gasteiger charge is -2.06. The Kier molecular flexibility index (Phi) is 5.73. The summed E-state index contributed by atoms with van der Waals surface area (Å²) in [5, 5.41) is 8.90. The Morgan fingerprint density at radius 2 is 2.30 bits per heavy atom. The van der Waals surface area contributed by atoms with E-state index in [-0.39, 0.29) is 12.4 Å². The van der Waals surface area contributed by atoms with Crippen LogP contribution in [-0.2, 0) is 4.79 Å². The van der Waals surface area contributed by atoms with E-state index in [9.17, 15) is 4.79 Å². The van der Waals surface area contributed by atoms with Crippen LogP contribution in [0.15, 0.2) is 0 Å². The number of aliphatic hydroxyl groups is 1. The molecule has 0 aliphatic rings. The summed E-state index contributed by atoms with van der Waals surface area (Å²) in [7, 11) is 0. The summed E-state index contributed by atoms with van der Waals surface area (Å²) < 4.78 is 0. The van der Waals surface area contributed by atoms with Crippen LogP contribution in [0.5, 0.6) is 0 Å². The van der Waals surface area contributed by atoms with E-state index in [1.54, 1.807) is 18.7 Å². The van der Waals surface area contributed by atoms with Gasteiger partial charge in [-0.15, -0.1) is 0 Å². The van der Waals surface area contributed by atoms with Crippen molar-refractivity contribution in [3.8, 4) is 0 Å². The summed E-state index contributed by atoms with van der Waals surface area (Å²) in [4.78, 5) is 10.5. The normalized spacial score (nSPS) is 13.1. The predicted molar refractivity (Wildman–Crippen MR) is 44.3 cm³/mol. The number of rotatable bonds is 5. The summed E-state index contributed by atoms with van der Waals surface area (Å²) in [5.41, 5.74) is 0. The van der Waals surface area contributed by atoms with Gasteiger partial charge in [0.15, 0.2) is 0 Å². The molecule has 0 rings (SSSR count). The topological polar surface area (TPSA) is 37.3 Å². The first kappa shape index (κ1) is 9.98. The van der Waals surface area contributed by atoms with Gasteiger partial charge in [0.2, 0.25) is 0 Å². The van der Waals surface area contributed by atoms with Gasteiger partial charge in [-0.05, 0) is 13.3 Å². The third-order valence-electron chi connectivity index (χ3n) is 1.11. The number of carbonyl (C=O) groups excluding carboxylic acids is 1. The second-order valence-electron chi connectivity index (χ2n) is 2.34. The van der Waals surface area contributed by atoms with Crippen LogP contribution in [0.1, 0.15) is 20.3 Å². The van der Waals surface area contributed by atoms with Gasteiger partial charge in [-0.25, -0.2) is 0 Å². The van der Waals surface area contributed by atoms with Crippen molar-refractivity contribution >= 4 is 17.5 Å². The van der Waals surface area contributed by atoms with Crippen LogP contribution in [0.2, 0.25) is 0 Å². The Hall–Kier alpha value is -0.0200. The minimum atomic E-state index is 0.204. The van der Waals surface area contributed by atoms with Crippen LogP contribution >= 0.6 is 11.8 Å².